The number of para-hydroxylation sites is 1. The molecular formula is C20H21NO3. The molecule has 1 aromatic heterocycles. The van der Waals surface area contributed by atoms with Gasteiger partial charge in [-0.3, -0.25) is 9.78 Å². The SMILES string of the molecule is O=C(OCCOc1ccnc2ccccc12)C1[C@@H]2[C@H]3CC[C@H](C3)[C@H]12. The lowest BCUT2D eigenvalue weighted by Crippen LogP contribution is -2.17. The summed E-state index contributed by atoms with van der Waals surface area (Å²) in [7, 11) is 0. The quantitative estimate of drug-likeness (QED) is 0.624. The van der Waals surface area contributed by atoms with Gasteiger partial charge in [-0.05, 0) is 61.1 Å². The summed E-state index contributed by atoms with van der Waals surface area (Å²) in [6, 6.07) is 9.73. The molecule has 124 valence electrons. The lowest BCUT2D eigenvalue weighted by atomic mass is 10.0. The average molecular weight is 323 g/mol. The minimum absolute atomic E-state index is 0.00443. The molecule has 1 aromatic carbocycles. The molecule has 0 saturated heterocycles. The van der Waals surface area contributed by atoms with Crippen molar-refractivity contribution in [1.82, 2.24) is 4.98 Å². The fourth-order valence-electron chi connectivity index (χ4n) is 5.23. The van der Waals surface area contributed by atoms with Crippen LogP contribution in [0.4, 0.5) is 0 Å². The van der Waals surface area contributed by atoms with Gasteiger partial charge in [0.1, 0.15) is 19.0 Å². The first-order chi connectivity index (χ1) is 11.8. The zero-order valence-corrected chi connectivity index (χ0v) is 13.6. The molecule has 4 nitrogen and oxygen atoms in total. The van der Waals surface area contributed by atoms with Crippen molar-refractivity contribution >= 4 is 16.9 Å². The number of esters is 1. The average Bonchev–Trinajstić information content (AvgIpc) is 3.06. The maximum Gasteiger partial charge on any atom is 0.309 e. The minimum Gasteiger partial charge on any atom is -0.489 e. The highest BCUT2D eigenvalue weighted by molar-refractivity contribution is 5.84. The topological polar surface area (TPSA) is 48.4 Å². The molecule has 5 atom stereocenters. The smallest absolute Gasteiger partial charge is 0.309 e. The number of nitrogens with zero attached hydrogens (tertiary/aromatic N) is 1. The fourth-order valence-corrected chi connectivity index (χ4v) is 5.23. The van der Waals surface area contributed by atoms with E-state index in [1.165, 1.54) is 19.3 Å². The van der Waals surface area contributed by atoms with Crippen LogP contribution in [0.15, 0.2) is 36.5 Å². The van der Waals surface area contributed by atoms with E-state index in [0.29, 0.717) is 25.0 Å². The zero-order chi connectivity index (χ0) is 16.1. The minimum atomic E-state index is 0.00443. The van der Waals surface area contributed by atoms with Crippen LogP contribution in [-0.4, -0.2) is 24.2 Å². The number of rotatable bonds is 5. The van der Waals surface area contributed by atoms with E-state index in [0.717, 1.165) is 28.5 Å². The van der Waals surface area contributed by atoms with E-state index in [4.69, 9.17) is 9.47 Å². The number of carbonyl (C=O) groups excluding carboxylic acids is 1. The molecule has 2 aromatic rings. The normalized spacial score (nSPS) is 32.6. The molecule has 0 N–H and O–H groups in total. The van der Waals surface area contributed by atoms with Gasteiger partial charge < -0.3 is 9.47 Å². The summed E-state index contributed by atoms with van der Waals surface area (Å²) in [6.45, 7) is 0.704. The first-order valence-corrected chi connectivity index (χ1v) is 8.96. The summed E-state index contributed by atoms with van der Waals surface area (Å²) in [4.78, 5) is 16.6. The van der Waals surface area contributed by atoms with E-state index in [-0.39, 0.29) is 11.9 Å². The number of hydrogen-bond donors (Lipinski definition) is 0. The van der Waals surface area contributed by atoms with Crippen molar-refractivity contribution in [2.75, 3.05) is 13.2 Å². The van der Waals surface area contributed by atoms with Crippen molar-refractivity contribution in [2.24, 2.45) is 29.6 Å². The van der Waals surface area contributed by atoms with Crippen molar-refractivity contribution in [1.29, 1.82) is 0 Å². The Hall–Kier alpha value is -2.10. The molecule has 0 aliphatic heterocycles. The number of carbonyl (C=O) groups is 1. The largest absolute Gasteiger partial charge is 0.489 e. The molecule has 24 heavy (non-hydrogen) atoms. The van der Waals surface area contributed by atoms with E-state index in [1.807, 2.05) is 30.3 Å². The number of hydrogen-bond acceptors (Lipinski definition) is 4. The Morgan fingerprint density at radius 2 is 1.88 bits per heavy atom. The van der Waals surface area contributed by atoms with Gasteiger partial charge in [0.15, 0.2) is 0 Å². The molecule has 3 fully saturated rings. The summed E-state index contributed by atoms with van der Waals surface area (Å²) in [5.41, 5.74) is 0.910. The van der Waals surface area contributed by atoms with Gasteiger partial charge in [-0.1, -0.05) is 12.1 Å². The van der Waals surface area contributed by atoms with Crippen LogP contribution in [0.5, 0.6) is 5.75 Å². The highest BCUT2D eigenvalue weighted by Crippen LogP contribution is 2.69. The Kier molecular flexibility index (Phi) is 3.25. The molecular weight excluding hydrogens is 302 g/mol. The highest BCUT2D eigenvalue weighted by atomic mass is 16.6. The number of aromatic nitrogens is 1. The lowest BCUT2D eigenvalue weighted by molar-refractivity contribution is -0.147. The van der Waals surface area contributed by atoms with Crippen LogP contribution in [0.25, 0.3) is 10.9 Å². The van der Waals surface area contributed by atoms with Gasteiger partial charge in [0.2, 0.25) is 0 Å². The van der Waals surface area contributed by atoms with Gasteiger partial charge in [-0.15, -0.1) is 0 Å². The number of ether oxygens (including phenoxy) is 2. The zero-order valence-electron chi connectivity index (χ0n) is 13.6. The number of benzene rings is 1. The molecule has 5 rings (SSSR count). The summed E-state index contributed by atoms with van der Waals surface area (Å²) in [5.74, 6) is 3.87. The van der Waals surface area contributed by atoms with Crippen molar-refractivity contribution in [3.8, 4) is 5.75 Å². The third-order valence-electron chi connectivity index (χ3n) is 6.20. The van der Waals surface area contributed by atoms with E-state index >= 15 is 0 Å². The molecule has 0 amide bonds. The van der Waals surface area contributed by atoms with Crippen molar-refractivity contribution in [2.45, 2.75) is 19.3 Å². The van der Waals surface area contributed by atoms with E-state index in [1.54, 1.807) is 6.20 Å². The standard InChI is InChI=1S/C20H21NO3/c22-20(19-17-12-5-6-13(11-12)18(17)19)24-10-9-23-16-7-8-21-15-4-2-1-3-14(15)16/h1-4,7-8,12-13,17-19H,5-6,9-11H2/t12-,13+,17+,18-,19?. The maximum absolute atomic E-state index is 12.3. The summed E-state index contributed by atoms with van der Waals surface area (Å²) < 4.78 is 11.3. The fraction of sp³-hybridized carbons (Fsp3) is 0.500. The lowest BCUT2D eigenvalue weighted by Gasteiger charge is -2.11. The monoisotopic (exact) mass is 323 g/mol. The van der Waals surface area contributed by atoms with Gasteiger partial charge in [0.05, 0.1) is 11.4 Å². The molecule has 0 spiro atoms. The van der Waals surface area contributed by atoms with Crippen LogP contribution in [0.3, 0.4) is 0 Å². The van der Waals surface area contributed by atoms with Gasteiger partial charge in [0.25, 0.3) is 0 Å². The Morgan fingerprint density at radius 3 is 2.71 bits per heavy atom. The molecule has 2 bridgehead atoms. The van der Waals surface area contributed by atoms with Crippen LogP contribution >= 0.6 is 0 Å². The predicted molar refractivity (Wildman–Crippen MR) is 89.5 cm³/mol. The van der Waals surface area contributed by atoms with Crippen LogP contribution in [0, 0.1) is 29.6 Å². The van der Waals surface area contributed by atoms with Gasteiger partial charge in [-0.25, -0.2) is 0 Å². The third kappa shape index (κ3) is 2.20. The highest BCUT2D eigenvalue weighted by Gasteiger charge is 2.68. The molecule has 0 radical (unpaired) electrons. The van der Waals surface area contributed by atoms with Crippen molar-refractivity contribution < 1.29 is 14.3 Å². The Bertz CT molecular complexity index is 768. The first kappa shape index (κ1) is 14.3. The Labute approximate surface area is 141 Å². The third-order valence-corrected chi connectivity index (χ3v) is 6.20. The summed E-state index contributed by atoms with van der Waals surface area (Å²) >= 11 is 0. The second kappa shape index (κ2) is 5.47. The van der Waals surface area contributed by atoms with E-state index in [2.05, 4.69) is 4.98 Å². The molecule has 1 unspecified atom stereocenters. The van der Waals surface area contributed by atoms with Crippen LogP contribution in [-0.2, 0) is 9.53 Å². The van der Waals surface area contributed by atoms with Crippen LogP contribution in [0.2, 0.25) is 0 Å². The maximum atomic E-state index is 12.3. The van der Waals surface area contributed by atoms with Crippen molar-refractivity contribution in [3.05, 3.63) is 36.5 Å². The van der Waals surface area contributed by atoms with Crippen LogP contribution < -0.4 is 4.74 Å². The second-order valence-electron chi connectivity index (χ2n) is 7.36. The molecule has 4 heteroatoms. The molecule has 1 heterocycles. The number of fused-ring (bicyclic) bond motifs is 6. The Balaban J connectivity index is 1.14. The summed E-state index contributed by atoms with van der Waals surface area (Å²) in [6.07, 6.45) is 5.75. The first-order valence-electron chi connectivity index (χ1n) is 8.96. The van der Waals surface area contributed by atoms with Gasteiger partial charge in [-0.2, -0.15) is 0 Å². The van der Waals surface area contributed by atoms with E-state index < -0.39 is 0 Å². The van der Waals surface area contributed by atoms with E-state index in [9.17, 15) is 4.79 Å². The predicted octanol–water partition coefficient (Wildman–Crippen LogP) is 3.45. The molecule has 3 saturated carbocycles. The second-order valence-corrected chi connectivity index (χ2v) is 7.36. The number of pyridine rings is 1. The van der Waals surface area contributed by atoms with Gasteiger partial charge >= 0.3 is 5.97 Å². The van der Waals surface area contributed by atoms with Crippen LogP contribution in [0.1, 0.15) is 19.3 Å². The molecule has 3 aliphatic carbocycles. The molecule has 3 aliphatic rings. The Morgan fingerprint density at radius 1 is 1.08 bits per heavy atom. The van der Waals surface area contributed by atoms with Crippen molar-refractivity contribution in [3.63, 3.8) is 0 Å². The van der Waals surface area contributed by atoms with Gasteiger partial charge in [0, 0.05) is 11.6 Å². The summed E-state index contributed by atoms with van der Waals surface area (Å²) in [5, 5.41) is 0.986.